The predicted octanol–water partition coefficient (Wildman–Crippen LogP) is 1.25. The number of nitrogens with zero attached hydrogens (tertiary/aromatic N) is 2. The van der Waals surface area contributed by atoms with Gasteiger partial charge in [0.25, 0.3) is 5.91 Å². The van der Waals surface area contributed by atoms with Crippen molar-refractivity contribution in [3.63, 3.8) is 0 Å². The average molecular weight is 201 g/mol. The number of rotatable bonds is 3. The van der Waals surface area contributed by atoms with Gasteiger partial charge in [0.2, 0.25) is 0 Å². The van der Waals surface area contributed by atoms with E-state index in [1.807, 2.05) is 28.8 Å². The first-order valence-corrected chi connectivity index (χ1v) is 4.64. The molecule has 0 saturated carbocycles. The highest BCUT2D eigenvalue weighted by atomic mass is 16.1. The molecule has 4 heteroatoms. The van der Waals surface area contributed by atoms with E-state index >= 15 is 0 Å². The number of imidazole rings is 1. The van der Waals surface area contributed by atoms with E-state index in [0.29, 0.717) is 12.2 Å². The van der Waals surface area contributed by atoms with Gasteiger partial charge in [-0.1, -0.05) is 12.1 Å². The highest BCUT2D eigenvalue weighted by Crippen LogP contribution is 2.03. The maximum absolute atomic E-state index is 11.5. The quantitative estimate of drug-likeness (QED) is 0.760. The number of pyridine rings is 1. The summed E-state index contributed by atoms with van der Waals surface area (Å²) < 4.78 is 1.81. The van der Waals surface area contributed by atoms with Gasteiger partial charge in [0.05, 0.1) is 0 Å². The van der Waals surface area contributed by atoms with Crippen LogP contribution >= 0.6 is 0 Å². The zero-order chi connectivity index (χ0) is 10.7. The van der Waals surface area contributed by atoms with Crippen LogP contribution in [0.15, 0.2) is 43.2 Å². The van der Waals surface area contributed by atoms with Crippen LogP contribution < -0.4 is 5.32 Å². The second-order valence-corrected chi connectivity index (χ2v) is 3.09. The van der Waals surface area contributed by atoms with Gasteiger partial charge in [-0.15, -0.1) is 6.58 Å². The van der Waals surface area contributed by atoms with Gasteiger partial charge in [-0.2, -0.15) is 0 Å². The van der Waals surface area contributed by atoms with E-state index in [2.05, 4.69) is 16.9 Å². The number of carbonyl (C=O) groups is 1. The third-order valence-corrected chi connectivity index (χ3v) is 2.00. The molecule has 0 unspecified atom stereocenters. The summed E-state index contributed by atoms with van der Waals surface area (Å²) in [5.41, 5.74) is 1.18. The SMILES string of the molecule is C=CCNC(=O)c1cn2ccccc2n1. The van der Waals surface area contributed by atoms with Gasteiger partial charge < -0.3 is 9.72 Å². The van der Waals surface area contributed by atoms with Crippen molar-refractivity contribution in [1.82, 2.24) is 14.7 Å². The van der Waals surface area contributed by atoms with Crippen LogP contribution in [0.3, 0.4) is 0 Å². The lowest BCUT2D eigenvalue weighted by Crippen LogP contribution is -2.23. The van der Waals surface area contributed by atoms with Crippen LogP contribution in [0, 0.1) is 0 Å². The Kier molecular flexibility index (Phi) is 2.49. The van der Waals surface area contributed by atoms with Gasteiger partial charge >= 0.3 is 0 Å². The molecule has 0 radical (unpaired) electrons. The van der Waals surface area contributed by atoms with Crippen molar-refractivity contribution in [2.24, 2.45) is 0 Å². The molecule has 0 bridgehead atoms. The predicted molar refractivity (Wildman–Crippen MR) is 57.7 cm³/mol. The number of aromatic nitrogens is 2. The first-order valence-electron chi connectivity index (χ1n) is 4.64. The molecule has 0 aliphatic carbocycles. The van der Waals surface area contributed by atoms with Crippen LogP contribution in [-0.2, 0) is 0 Å². The third kappa shape index (κ3) is 1.88. The van der Waals surface area contributed by atoms with Crippen LogP contribution in [0.5, 0.6) is 0 Å². The normalized spacial score (nSPS) is 10.1. The van der Waals surface area contributed by atoms with E-state index in [4.69, 9.17) is 0 Å². The molecule has 2 aromatic rings. The summed E-state index contributed by atoms with van der Waals surface area (Å²) >= 11 is 0. The van der Waals surface area contributed by atoms with Crippen LogP contribution in [0.25, 0.3) is 5.65 Å². The van der Waals surface area contributed by atoms with Crippen molar-refractivity contribution < 1.29 is 4.79 Å². The molecule has 1 amide bonds. The summed E-state index contributed by atoms with van der Waals surface area (Å²) in [5.74, 6) is -0.182. The Balaban J connectivity index is 2.28. The van der Waals surface area contributed by atoms with Crippen molar-refractivity contribution in [3.8, 4) is 0 Å². The molecule has 0 fully saturated rings. The first-order chi connectivity index (χ1) is 7.31. The van der Waals surface area contributed by atoms with E-state index in [1.165, 1.54) is 0 Å². The zero-order valence-corrected chi connectivity index (χ0v) is 8.18. The van der Waals surface area contributed by atoms with E-state index in [1.54, 1.807) is 12.3 Å². The van der Waals surface area contributed by atoms with Gasteiger partial charge in [-0.3, -0.25) is 4.79 Å². The second kappa shape index (κ2) is 3.96. The fourth-order valence-corrected chi connectivity index (χ4v) is 1.30. The van der Waals surface area contributed by atoms with Gasteiger partial charge in [0.15, 0.2) is 0 Å². The molecule has 0 aliphatic rings. The van der Waals surface area contributed by atoms with E-state index in [-0.39, 0.29) is 5.91 Å². The first kappa shape index (κ1) is 9.45. The Morgan fingerprint density at radius 3 is 3.20 bits per heavy atom. The summed E-state index contributed by atoms with van der Waals surface area (Å²) in [6, 6.07) is 5.62. The summed E-state index contributed by atoms with van der Waals surface area (Å²) in [6.45, 7) is 3.98. The molecular formula is C11H11N3O. The van der Waals surface area contributed by atoms with E-state index < -0.39 is 0 Å². The Hall–Kier alpha value is -2.10. The molecule has 15 heavy (non-hydrogen) atoms. The fraction of sp³-hybridized carbons (Fsp3) is 0.0909. The van der Waals surface area contributed by atoms with E-state index in [0.717, 1.165) is 5.65 Å². The molecule has 2 aromatic heterocycles. The van der Waals surface area contributed by atoms with Crippen molar-refractivity contribution in [3.05, 3.63) is 48.9 Å². The monoisotopic (exact) mass is 201 g/mol. The zero-order valence-electron chi connectivity index (χ0n) is 8.18. The Morgan fingerprint density at radius 1 is 1.60 bits per heavy atom. The lowest BCUT2D eigenvalue weighted by atomic mass is 10.4. The number of hydrogen-bond donors (Lipinski definition) is 1. The summed E-state index contributed by atoms with van der Waals surface area (Å²) in [6.07, 6.45) is 5.19. The largest absolute Gasteiger partial charge is 0.347 e. The molecule has 76 valence electrons. The number of carbonyl (C=O) groups excluding carboxylic acids is 1. The van der Waals surface area contributed by atoms with Gasteiger partial charge in [0, 0.05) is 18.9 Å². The molecule has 2 rings (SSSR count). The van der Waals surface area contributed by atoms with Crippen LogP contribution in [0.2, 0.25) is 0 Å². The number of fused-ring (bicyclic) bond motifs is 1. The van der Waals surface area contributed by atoms with E-state index in [9.17, 15) is 4.79 Å². The van der Waals surface area contributed by atoms with Gasteiger partial charge in [-0.05, 0) is 12.1 Å². The third-order valence-electron chi connectivity index (χ3n) is 2.00. The minimum Gasteiger partial charge on any atom is -0.347 e. The van der Waals surface area contributed by atoms with Crippen molar-refractivity contribution >= 4 is 11.6 Å². The lowest BCUT2D eigenvalue weighted by Gasteiger charge is -1.96. The topological polar surface area (TPSA) is 46.4 Å². The molecule has 0 atom stereocenters. The van der Waals surface area contributed by atoms with Crippen LogP contribution in [0.4, 0.5) is 0 Å². The minimum absolute atomic E-state index is 0.182. The molecule has 0 saturated heterocycles. The molecule has 0 aromatic carbocycles. The maximum atomic E-state index is 11.5. The highest BCUT2D eigenvalue weighted by Gasteiger charge is 2.08. The molecule has 4 nitrogen and oxygen atoms in total. The number of nitrogens with one attached hydrogen (secondary N) is 1. The Bertz CT molecular complexity index is 468. The molecule has 0 aliphatic heterocycles. The summed E-state index contributed by atoms with van der Waals surface area (Å²) in [5, 5.41) is 2.68. The maximum Gasteiger partial charge on any atom is 0.271 e. The van der Waals surface area contributed by atoms with Crippen molar-refractivity contribution in [2.75, 3.05) is 6.54 Å². The summed E-state index contributed by atoms with van der Waals surface area (Å²) in [4.78, 5) is 15.7. The number of hydrogen-bond acceptors (Lipinski definition) is 2. The fourth-order valence-electron chi connectivity index (χ4n) is 1.30. The highest BCUT2D eigenvalue weighted by molar-refractivity contribution is 5.92. The Morgan fingerprint density at radius 2 is 2.47 bits per heavy atom. The number of amides is 1. The lowest BCUT2D eigenvalue weighted by molar-refractivity contribution is 0.0953. The molecule has 1 N–H and O–H groups in total. The second-order valence-electron chi connectivity index (χ2n) is 3.09. The molecule has 2 heterocycles. The standard InChI is InChI=1S/C11H11N3O/c1-2-6-12-11(15)9-8-14-7-4-3-5-10(14)13-9/h2-5,7-8H,1,6H2,(H,12,15). The van der Waals surface area contributed by atoms with Gasteiger partial charge in [0.1, 0.15) is 11.3 Å². The minimum atomic E-state index is -0.182. The molecular weight excluding hydrogens is 190 g/mol. The van der Waals surface area contributed by atoms with Crippen LogP contribution in [-0.4, -0.2) is 21.8 Å². The van der Waals surface area contributed by atoms with Gasteiger partial charge in [-0.25, -0.2) is 4.98 Å². The average Bonchev–Trinajstić information content (AvgIpc) is 2.69. The van der Waals surface area contributed by atoms with Crippen molar-refractivity contribution in [1.29, 1.82) is 0 Å². The molecule has 0 spiro atoms. The van der Waals surface area contributed by atoms with Crippen molar-refractivity contribution in [2.45, 2.75) is 0 Å². The summed E-state index contributed by atoms with van der Waals surface area (Å²) in [7, 11) is 0. The van der Waals surface area contributed by atoms with Crippen LogP contribution in [0.1, 0.15) is 10.5 Å². The Labute approximate surface area is 87.3 Å². The smallest absolute Gasteiger partial charge is 0.271 e.